The van der Waals surface area contributed by atoms with Crippen molar-refractivity contribution in [1.29, 1.82) is 0 Å². The zero-order chi connectivity index (χ0) is 20.5. The van der Waals surface area contributed by atoms with E-state index in [0.29, 0.717) is 36.7 Å². The van der Waals surface area contributed by atoms with Crippen molar-refractivity contribution in [2.45, 2.75) is 13.0 Å². The number of amides is 1. The summed E-state index contributed by atoms with van der Waals surface area (Å²) in [5.74, 6) is 1.14. The van der Waals surface area contributed by atoms with Crippen molar-refractivity contribution in [2.24, 2.45) is 0 Å². The summed E-state index contributed by atoms with van der Waals surface area (Å²) in [6.45, 7) is 1.06. The van der Waals surface area contributed by atoms with Gasteiger partial charge >= 0.3 is 0 Å². The lowest BCUT2D eigenvalue weighted by Crippen LogP contribution is -2.26. The predicted octanol–water partition coefficient (Wildman–Crippen LogP) is 3.08. The van der Waals surface area contributed by atoms with Gasteiger partial charge in [0.25, 0.3) is 5.91 Å². The fourth-order valence-electron chi connectivity index (χ4n) is 2.81. The number of nitrogens with one attached hydrogen (secondary N) is 2. The number of carbonyl (C=O) groups is 1. The Bertz CT molecular complexity index is 948. The molecule has 2 aromatic heterocycles. The second-order valence-corrected chi connectivity index (χ2v) is 6.30. The normalized spacial score (nSPS) is 10.3. The molecule has 150 valence electrons. The highest BCUT2D eigenvalue weighted by Gasteiger charge is 2.09. The lowest BCUT2D eigenvalue weighted by Gasteiger charge is -2.10. The van der Waals surface area contributed by atoms with Gasteiger partial charge in [-0.1, -0.05) is 12.1 Å². The fourth-order valence-corrected chi connectivity index (χ4v) is 2.81. The van der Waals surface area contributed by atoms with Crippen LogP contribution in [-0.4, -0.2) is 36.6 Å². The molecule has 7 heteroatoms. The Hall–Kier alpha value is -3.61. The molecule has 2 heterocycles. The van der Waals surface area contributed by atoms with Crippen LogP contribution in [0.1, 0.15) is 21.7 Å². The molecule has 0 aliphatic rings. The number of hydrogen-bond donors (Lipinski definition) is 2. The van der Waals surface area contributed by atoms with Gasteiger partial charge in [0.05, 0.1) is 26.5 Å². The topological polar surface area (TPSA) is 85.4 Å². The van der Waals surface area contributed by atoms with Crippen LogP contribution < -0.4 is 20.1 Å². The molecule has 0 aliphatic heterocycles. The molecule has 2 N–H and O–H groups in total. The Morgan fingerprint density at radius 1 is 0.966 bits per heavy atom. The molecular weight excluding hydrogens is 368 g/mol. The molecule has 3 rings (SSSR count). The van der Waals surface area contributed by atoms with Crippen LogP contribution in [0.4, 0.5) is 5.69 Å². The van der Waals surface area contributed by atoms with Crippen LogP contribution in [0.5, 0.6) is 11.5 Å². The number of methoxy groups -OCH3 is 2. The molecule has 0 spiro atoms. The molecule has 29 heavy (non-hydrogen) atoms. The van der Waals surface area contributed by atoms with E-state index in [4.69, 9.17) is 9.47 Å². The number of nitrogens with zero attached hydrogens (tertiary/aromatic N) is 2. The quantitative estimate of drug-likeness (QED) is 0.582. The Morgan fingerprint density at radius 3 is 2.59 bits per heavy atom. The number of ether oxygens (including phenoxy) is 2. The van der Waals surface area contributed by atoms with Crippen molar-refractivity contribution < 1.29 is 14.3 Å². The van der Waals surface area contributed by atoms with Crippen molar-refractivity contribution in [3.8, 4) is 11.5 Å². The number of aromatic nitrogens is 2. The van der Waals surface area contributed by atoms with Gasteiger partial charge in [0.15, 0.2) is 11.5 Å². The van der Waals surface area contributed by atoms with Gasteiger partial charge in [-0.15, -0.1) is 0 Å². The summed E-state index contributed by atoms with van der Waals surface area (Å²) in [6, 6.07) is 15.0. The van der Waals surface area contributed by atoms with E-state index >= 15 is 0 Å². The van der Waals surface area contributed by atoms with E-state index in [1.165, 1.54) is 0 Å². The van der Waals surface area contributed by atoms with Gasteiger partial charge in [-0.05, 0) is 48.4 Å². The SMILES string of the molecule is COc1ccc(CCNC(=O)c2cc(NCc3ccccn3)ccn2)cc1OC. The molecular formula is C22H24N4O3. The Kier molecular flexibility index (Phi) is 7.00. The molecule has 0 radical (unpaired) electrons. The Labute approximate surface area is 170 Å². The van der Waals surface area contributed by atoms with E-state index < -0.39 is 0 Å². The average Bonchev–Trinajstić information content (AvgIpc) is 2.78. The van der Waals surface area contributed by atoms with Crippen molar-refractivity contribution in [3.63, 3.8) is 0 Å². The summed E-state index contributed by atoms with van der Waals surface area (Å²) in [6.07, 6.45) is 4.04. The number of anilines is 1. The highest BCUT2D eigenvalue weighted by Crippen LogP contribution is 2.27. The first kappa shape index (κ1) is 20.1. The first-order valence-electron chi connectivity index (χ1n) is 9.28. The fraction of sp³-hybridized carbons (Fsp3) is 0.227. The second kappa shape index (κ2) is 10.1. The first-order chi connectivity index (χ1) is 14.2. The van der Waals surface area contributed by atoms with Crippen LogP contribution in [-0.2, 0) is 13.0 Å². The van der Waals surface area contributed by atoms with Crippen molar-refractivity contribution in [1.82, 2.24) is 15.3 Å². The molecule has 0 atom stereocenters. The highest BCUT2D eigenvalue weighted by molar-refractivity contribution is 5.93. The van der Waals surface area contributed by atoms with E-state index in [1.54, 1.807) is 32.7 Å². The van der Waals surface area contributed by atoms with Crippen LogP contribution in [0.3, 0.4) is 0 Å². The minimum Gasteiger partial charge on any atom is -0.493 e. The lowest BCUT2D eigenvalue weighted by molar-refractivity contribution is 0.0949. The molecule has 1 amide bonds. The van der Waals surface area contributed by atoms with Gasteiger partial charge in [0, 0.05) is 24.6 Å². The summed E-state index contributed by atoms with van der Waals surface area (Å²) in [5.41, 5.74) is 3.14. The minimum atomic E-state index is -0.216. The summed E-state index contributed by atoms with van der Waals surface area (Å²) >= 11 is 0. The smallest absolute Gasteiger partial charge is 0.269 e. The number of rotatable bonds is 9. The molecule has 0 saturated heterocycles. The number of benzene rings is 1. The largest absolute Gasteiger partial charge is 0.493 e. The van der Waals surface area contributed by atoms with Crippen molar-refractivity contribution in [3.05, 3.63) is 77.9 Å². The monoisotopic (exact) mass is 392 g/mol. The van der Waals surface area contributed by atoms with Crippen molar-refractivity contribution in [2.75, 3.05) is 26.1 Å². The predicted molar refractivity (Wildman–Crippen MR) is 111 cm³/mol. The minimum absolute atomic E-state index is 0.216. The van der Waals surface area contributed by atoms with Gasteiger partial charge < -0.3 is 20.1 Å². The maximum absolute atomic E-state index is 12.4. The Balaban J connectivity index is 1.53. The number of pyridine rings is 2. The first-order valence-corrected chi connectivity index (χ1v) is 9.28. The lowest BCUT2D eigenvalue weighted by atomic mass is 10.1. The summed E-state index contributed by atoms with van der Waals surface area (Å²) in [4.78, 5) is 20.9. The average molecular weight is 392 g/mol. The van der Waals surface area contributed by atoms with Crippen LogP contribution in [0.2, 0.25) is 0 Å². The van der Waals surface area contributed by atoms with Gasteiger partial charge in [-0.25, -0.2) is 0 Å². The van der Waals surface area contributed by atoms with E-state index in [2.05, 4.69) is 20.6 Å². The van der Waals surface area contributed by atoms with E-state index in [-0.39, 0.29) is 5.91 Å². The van der Waals surface area contributed by atoms with Crippen molar-refractivity contribution >= 4 is 11.6 Å². The van der Waals surface area contributed by atoms with Crippen LogP contribution in [0.15, 0.2) is 60.9 Å². The maximum atomic E-state index is 12.4. The molecule has 3 aromatic rings. The molecule has 0 aliphatic carbocycles. The highest BCUT2D eigenvalue weighted by atomic mass is 16.5. The molecule has 0 bridgehead atoms. The van der Waals surface area contributed by atoms with E-state index in [9.17, 15) is 4.79 Å². The van der Waals surface area contributed by atoms with Gasteiger partial charge in [-0.3, -0.25) is 14.8 Å². The van der Waals surface area contributed by atoms with Gasteiger partial charge in [0.1, 0.15) is 5.69 Å². The van der Waals surface area contributed by atoms with E-state index in [1.807, 2.05) is 42.5 Å². The van der Waals surface area contributed by atoms with Crippen LogP contribution >= 0.6 is 0 Å². The van der Waals surface area contributed by atoms with Gasteiger partial charge in [-0.2, -0.15) is 0 Å². The molecule has 0 fully saturated rings. The summed E-state index contributed by atoms with van der Waals surface area (Å²) < 4.78 is 10.5. The van der Waals surface area contributed by atoms with E-state index in [0.717, 1.165) is 16.9 Å². The zero-order valence-electron chi connectivity index (χ0n) is 16.5. The van der Waals surface area contributed by atoms with Gasteiger partial charge in [0.2, 0.25) is 0 Å². The molecule has 1 aromatic carbocycles. The third kappa shape index (κ3) is 5.68. The molecule has 0 unspecified atom stereocenters. The molecule has 0 saturated carbocycles. The number of hydrogen-bond acceptors (Lipinski definition) is 6. The summed E-state index contributed by atoms with van der Waals surface area (Å²) in [7, 11) is 3.20. The zero-order valence-corrected chi connectivity index (χ0v) is 16.5. The third-order valence-electron chi connectivity index (χ3n) is 4.34. The second-order valence-electron chi connectivity index (χ2n) is 6.30. The third-order valence-corrected chi connectivity index (χ3v) is 4.34. The molecule has 7 nitrogen and oxygen atoms in total. The standard InChI is InChI=1S/C22H24N4O3/c1-28-20-7-6-16(13-21(20)29-2)8-11-25-22(27)19-14-17(9-12-24-19)26-15-18-5-3-4-10-23-18/h3-7,9-10,12-14H,8,11,15H2,1-2H3,(H,24,26)(H,25,27). The van der Waals surface area contributed by atoms with Crippen LogP contribution in [0.25, 0.3) is 0 Å². The van der Waals surface area contributed by atoms with Crippen LogP contribution in [0, 0.1) is 0 Å². The Morgan fingerprint density at radius 2 is 1.83 bits per heavy atom. The number of carbonyl (C=O) groups excluding carboxylic acids is 1. The maximum Gasteiger partial charge on any atom is 0.269 e. The summed E-state index contributed by atoms with van der Waals surface area (Å²) in [5, 5.41) is 6.15.